The maximum Gasteiger partial charge on any atom is 0.358 e. The van der Waals surface area contributed by atoms with Crippen LogP contribution in [0.4, 0.5) is 5.82 Å². The highest BCUT2D eigenvalue weighted by Crippen LogP contribution is 2.47. The molecule has 2 fully saturated rings. The Hall–Kier alpha value is -2.77. The number of aryl methyl sites for hydroxylation is 3. The number of carboxylic acids is 1. The van der Waals surface area contributed by atoms with E-state index in [0.717, 1.165) is 29.9 Å². The van der Waals surface area contributed by atoms with Crippen LogP contribution >= 0.6 is 0 Å². The van der Waals surface area contributed by atoms with E-state index in [1.54, 1.807) is 11.1 Å². The molecule has 8 heteroatoms. The van der Waals surface area contributed by atoms with Gasteiger partial charge in [0.2, 0.25) is 5.91 Å². The van der Waals surface area contributed by atoms with Crippen LogP contribution in [0.1, 0.15) is 28.0 Å². The van der Waals surface area contributed by atoms with E-state index in [1.807, 2.05) is 13.0 Å². The average Bonchev–Trinajstić information content (AvgIpc) is 3.02. The average molecular weight is 327 g/mol. The summed E-state index contributed by atoms with van der Waals surface area (Å²) in [7, 11) is 0. The van der Waals surface area contributed by atoms with Gasteiger partial charge < -0.3 is 5.11 Å². The number of hydrogen-bond acceptors (Lipinski definition) is 5. The van der Waals surface area contributed by atoms with Crippen molar-refractivity contribution in [3.8, 4) is 0 Å². The highest BCUT2D eigenvalue weighted by Gasteiger charge is 2.52. The highest BCUT2D eigenvalue weighted by atomic mass is 16.4. The molecule has 2 aromatic heterocycles. The molecule has 1 N–H and O–H groups in total. The molecule has 24 heavy (non-hydrogen) atoms. The fraction of sp³-hybridized carbons (Fsp3) is 0.438. The molecule has 1 aliphatic heterocycles. The van der Waals surface area contributed by atoms with E-state index in [0.29, 0.717) is 18.9 Å². The third kappa shape index (κ3) is 2.53. The summed E-state index contributed by atoms with van der Waals surface area (Å²) in [6, 6.07) is 1.95. The van der Waals surface area contributed by atoms with Gasteiger partial charge in [-0.25, -0.2) is 9.78 Å². The molecule has 3 heterocycles. The summed E-state index contributed by atoms with van der Waals surface area (Å²) < 4.78 is 1.51. The van der Waals surface area contributed by atoms with E-state index in [2.05, 4.69) is 15.3 Å². The van der Waals surface area contributed by atoms with Crippen LogP contribution in [-0.2, 0) is 17.8 Å². The molecule has 2 atom stereocenters. The van der Waals surface area contributed by atoms with Crippen molar-refractivity contribution in [2.75, 3.05) is 11.4 Å². The second-order valence-corrected chi connectivity index (χ2v) is 6.44. The predicted octanol–water partition coefficient (Wildman–Crippen LogP) is 0.905. The Labute approximate surface area is 138 Å². The number of carbonyl (C=O) groups excluding carboxylic acids is 1. The molecule has 124 valence electrons. The number of piperidine rings is 1. The summed E-state index contributed by atoms with van der Waals surface area (Å²) in [6.45, 7) is 3.30. The summed E-state index contributed by atoms with van der Waals surface area (Å²) in [5.41, 5.74) is 2.04. The van der Waals surface area contributed by atoms with Crippen LogP contribution in [0.3, 0.4) is 0 Å². The van der Waals surface area contributed by atoms with Crippen molar-refractivity contribution in [1.82, 2.24) is 20.0 Å². The van der Waals surface area contributed by atoms with E-state index in [-0.39, 0.29) is 17.5 Å². The molecule has 0 bridgehead atoms. The van der Waals surface area contributed by atoms with Crippen molar-refractivity contribution >= 4 is 17.7 Å². The topological polar surface area (TPSA) is 101 Å². The zero-order valence-electron chi connectivity index (χ0n) is 13.2. The van der Waals surface area contributed by atoms with Crippen LogP contribution in [0.15, 0.2) is 18.5 Å². The van der Waals surface area contributed by atoms with Crippen LogP contribution in [0.2, 0.25) is 0 Å². The largest absolute Gasteiger partial charge is 0.476 e. The summed E-state index contributed by atoms with van der Waals surface area (Å²) >= 11 is 0. The van der Waals surface area contributed by atoms with Gasteiger partial charge in [-0.15, -0.1) is 5.10 Å². The van der Waals surface area contributed by atoms with Crippen LogP contribution in [0, 0.1) is 18.8 Å². The highest BCUT2D eigenvalue weighted by molar-refractivity contribution is 5.99. The molecular weight excluding hydrogens is 310 g/mol. The fourth-order valence-corrected chi connectivity index (χ4v) is 3.20. The van der Waals surface area contributed by atoms with Gasteiger partial charge >= 0.3 is 5.97 Å². The van der Waals surface area contributed by atoms with Gasteiger partial charge in [0.05, 0.1) is 6.20 Å². The SMILES string of the molecule is Cc1cc(N2C[C@H]3C[C@H]3C2=O)ncc1CCn1cc(C(=O)O)nn1. The Balaban J connectivity index is 1.44. The number of rotatable bonds is 5. The van der Waals surface area contributed by atoms with E-state index < -0.39 is 5.97 Å². The molecule has 2 aromatic rings. The van der Waals surface area contributed by atoms with E-state index >= 15 is 0 Å². The van der Waals surface area contributed by atoms with Crippen molar-refractivity contribution in [2.45, 2.75) is 26.3 Å². The maximum absolute atomic E-state index is 12.1. The maximum atomic E-state index is 12.1. The summed E-state index contributed by atoms with van der Waals surface area (Å²) in [4.78, 5) is 29.2. The number of fused-ring (bicyclic) bond motifs is 1. The van der Waals surface area contributed by atoms with Crippen molar-refractivity contribution in [3.63, 3.8) is 0 Å². The van der Waals surface area contributed by atoms with E-state index in [1.165, 1.54) is 10.9 Å². The van der Waals surface area contributed by atoms with Crippen molar-refractivity contribution in [3.05, 3.63) is 35.3 Å². The minimum Gasteiger partial charge on any atom is -0.476 e. The number of pyridine rings is 1. The molecule has 1 saturated carbocycles. The van der Waals surface area contributed by atoms with Gasteiger partial charge in [-0.1, -0.05) is 5.21 Å². The van der Waals surface area contributed by atoms with Gasteiger partial charge in [0.25, 0.3) is 0 Å². The molecule has 0 aromatic carbocycles. The zero-order valence-corrected chi connectivity index (χ0v) is 13.2. The van der Waals surface area contributed by atoms with Gasteiger partial charge in [0.15, 0.2) is 5.69 Å². The third-order valence-electron chi connectivity index (χ3n) is 4.77. The molecular formula is C16H17N5O3. The molecule has 4 rings (SSSR count). The van der Waals surface area contributed by atoms with Crippen LogP contribution in [0.5, 0.6) is 0 Å². The number of anilines is 1. The lowest BCUT2D eigenvalue weighted by Crippen LogP contribution is -2.28. The number of hydrogen-bond donors (Lipinski definition) is 1. The monoisotopic (exact) mass is 327 g/mol. The van der Waals surface area contributed by atoms with Crippen molar-refractivity contribution < 1.29 is 14.7 Å². The van der Waals surface area contributed by atoms with E-state index in [9.17, 15) is 9.59 Å². The number of carboxylic acid groups (broad SMARTS) is 1. The Morgan fingerprint density at radius 3 is 2.92 bits per heavy atom. The molecule has 0 spiro atoms. The standard InChI is InChI=1S/C16H17N5O3/c1-9-4-14(21-7-11-5-12(11)15(21)22)17-6-10(9)2-3-20-8-13(16(23)24)18-19-20/h4,6,8,11-12H,2-3,5,7H2,1H3,(H,23,24)/t11-,12-/m1/s1. The lowest BCUT2D eigenvalue weighted by Gasteiger charge is -2.18. The summed E-state index contributed by atoms with van der Waals surface area (Å²) in [6.07, 6.45) is 4.90. The van der Waals surface area contributed by atoms with Gasteiger partial charge in [-0.3, -0.25) is 14.4 Å². The number of nitrogens with zero attached hydrogens (tertiary/aromatic N) is 5. The number of carbonyl (C=O) groups is 2. The Morgan fingerprint density at radius 2 is 2.29 bits per heavy atom. The first-order valence-electron chi connectivity index (χ1n) is 7.93. The van der Waals surface area contributed by atoms with Crippen molar-refractivity contribution in [2.24, 2.45) is 11.8 Å². The molecule has 1 aliphatic carbocycles. The van der Waals surface area contributed by atoms with Crippen LogP contribution in [-0.4, -0.2) is 43.5 Å². The molecule has 1 saturated heterocycles. The zero-order chi connectivity index (χ0) is 16.8. The van der Waals surface area contributed by atoms with Crippen molar-refractivity contribution in [1.29, 1.82) is 0 Å². The first kappa shape index (κ1) is 14.8. The molecule has 0 unspecified atom stereocenters. The number of aromatic carboxylic acids is 1. The number of aromatic nitrogens is 4. The summed E-state index contributed by atoms with van der Waals surface area (Å²) in [5.74, 6) is 0.583. The molecule has 0 radical (unpaired) electrons. The van der Waals surface area contributed by atoms with Gasteiger partial charge in [0, 0.05) is 25.2 Å². The fourth-order valence-electron chi connectivity index (χ4n) is 3.20. The minimum atomic E-state index is -1.09. The third-order valence-corrected chi connectivity index (χ3v) is 4.77. The molecule has 1 amide bonds. The first-order chi connectivity index (χ1) is 11.5. The Bertz CT molecular complexity index is 831. The van der Waals surface area contributed by atoms with E-state index in [4.69, 9.17) is 5.11 Å². The van der Waals surface area contributed by atoms with Gasteiger partial charge in [-0.2, -0.15) is 0 Å². The molecule has 2 aliphatic rings. The Morgan fingerprint density at radius 1 is 1.46 bits per heavy atom. The van der Waals surface area contributed by atoms with Gasteiger partial charge in [-0.05, 0) is 42.9 Å². The van der Waals surface area contributed by atoms with Crippen LogP contribution in [0.25, 0.3) is 0 Å². The van der Waals surface area contributed by atoms with Crippen LogP contribution < -0.4 is 4.90 Å². The second-order valence-electron chi connectivity index (χ2n) is 6.44. The minimum absolute atomic E-state index is 0.0636. The predicted molar refractivity (Wildman–Crippen MR) is 83.6 cm³/mol. The normalized spacial score (nSPS) is 21.9. The second kappa shape index (κ2) is 5.40. The molecule has 8 nitrogen and oxygen atoms in total. The first-order valence-corrected chi connectivity index (χ1v) is 7.93. The number of amides is 1. The summed E-state index contributed by atoms with van der Waals surface area (Å²) in [5, 5.41) is 16.2. The lowest BCUT2D eigenvalue weighted by atomic mass is 10.1. The van der Waals surface area contributed by atoms with Gasteiger partial charge in [0.1, 0.15) is 5.82 Å². The smallest absolute Gasteiger partial charge is 0.358 e. The Kier molecular flexibility index (Phi) is 3.33. The quantitative estimate of drug-likeness (QED) is 0.876. The lowest BCUT2D eigenvalue weighted by molar-refractivity contribution is -0.118.